The molecule has 0 fully saturated rings. The summed E-state index contributed by atoms with van der Waals surface area (Å²) in [5, 5.41) is 14.6. The van der Waals surface area contributed by atoms with Gasteiger partial charge in [0.05, 0.1) is 4.92 Å². The van der Waals surface area contributed by atoms with Crippen LogP contribution in [0.1, 0.15) is 21.5 Å². The van der Waals surface area contributed by atoms with Crippen molar-refractivity contribution >= 4 is 44.8 Å². The second-order valence-corrected chi connectivity index (χ2v) is 7.12. The summed E-state index contributed by atoms with van der Waals surface area (Å²) >= 11 is 3.29. The van der Waals surface area contributed by atoms with Crippen LogP contribution in [0, 0.1) is 24.0 Å². The zero-order valence-corrected chi connectivity index (χ0v) is 17.1. The Balaban J connectivity index is 1.83. The molecule has 0 aliphatic rings. The fraction of sp³-hybridized carbons (Fsp3) is 0.105. The van der Waals surface area contributed by atoms with Gasteiger partial charge >= 0.3 is 5.69 Å². The highest BCUT2D eigenvalue weighted by molar-refractivity contribution is 9.10. The number of benzene rings is 2. The number of halogens is 1. The maximum atomic E-state index is 12.2. The molecule has 0 spiro atoms. The highest BCUT2D eigenvalue weighted by atomic mass is 79.9. The Kier molecular flexibility index (Phi) is 6.03. The maximum absolute atomic E-state index is 12.2. The Labute approximate surface area is 174 Å². The van der Waals surface area contributed by atoms with Crippen LogP contribution >= 0.6 is 15.9 Å². The molecule has 1 aromatic heterocycles. The molecule has 0 bridgehead atoms. The third-order valence-electron chi connectivity index (χ3n) is 4.04. The average Bonchev–Trinajstić information content (AvgIpc) is 2.68. The van der Waals surface area contributed by atoms with Gasteiger partial charge in [0, 0.05) is 15.7 Å². The van der Waals surface area contributed by atoms with Crippen molar-refractivity contribution in [2.45, 2.75) is 13.8 Å². The van der Waals surface area contributed by atoms with E-state index in [0.717, 1.165) is 15.6 Å². The van der Waals surface area contributed by atoms with Crippen molar-refractivity contribution in [2.24, 2.45) is 0 Å². The normalized spacial score (nSPS) is 10.3. The van der Waals surface area contributed by atoms with Crippen molar-refractivity contribution in [3.05, 3.63) is 80.1 Å². The van der Waals surface area contributed by atoms with Crippen molar-refractivity contribution in [2.75, 3.05) is 10.7 Å². The summed E-state index contributed by atoms with van der Waals surface area (Å²) in [6.45, 7) is 3.85. The van der Waals surface area contributed by atoms with Gasteiger partial charge in [-0.1, -0.05) is 33.6 Å². The second-order valence-electron chi connectivity index (χ2n) is 6.21. The molecule has 3 rings (SSSR count). The summed E-state index contributed by atoms with van der Waals surface area (Å²) in [5.41, 5.74) is 7.59. The highest BCUT2D eigenvalue weighted by Gasteiger charge is 2.24. The van der Waals surface area contributed by atoms with Gasteiger partial charge in [0.1, 0.15) is 6.33 Å². The molecule has 0 saturated heterocycles. The monoisotopic (exact) mass is 456 g/mol. The summed E-state index contributed by atoms with van der Waals surface area (Å²) in [6, 6.07) is 12.3. The fourth-order valence-electron chi connectivity index (χ4n) is 2.61. The van der Waals surface area contributed by atoms with E-state index in [0.29, 0.717) is 11.3 Å². The first-order valence-corrected chi connectivity index (χ1v) is 9.30. The molecule has 0 aliphatic heterocycles. The van der Waals surface area contributed by atoms with E-state index < -0.39 is 10.8 Å². The van der Waals surface area contributed by atoms with Crippen molar-refractivity contribution in [1.29, 1.82) is 0 Å². The van der Waals surface area contributed by atoms with E-state index in [-0.39, 0.29) is 17.3 Å². The number of hydrogen-bond donors (Lipinski definition) is 3. The predicted octanol–water partition coefficient (Wildman–Crippen LogP) is 4.26. The standard InChI is InChI=1S/C19H17BrN6O3/c1-11-3-8-15(12(2)9-11)23-17-16(26(28)29)18(22-10-21-17)24-25-19(27)13-4-6-14(20)7-5-13/h3-10H,1-2H3,(H,25,27)(H2,21,22,23,24). The number of nitrogens with one attached hydrogen (secondary N) is 3. The quantitative estimate of drug-likeness (QED) is 0.373. The highest BCUT2D eigenvalue weighted by Crippen LogP contribution is 2.31. The molecule has 0 unspecified atom stereocenters. The molecule has 29 heavy (non-hydrogen) atoms. The molecule has 9 nitrogen and oxygen atoms in total. The summed E-state index contributed by atoms with van der Waals surface area (Å²) in [5.74, 6) is -0.589. The van der Waals surface area contributed by atoms with E-state index in [9.17, 15) is 14.9 Å². The summed E-state index contributed by atoms with van der Waals surface area (Å²) in [6.07, 6.45) is 1.17. The van der Waals surface area contributed by atoms with E-state index >= 15 is 0 Å². The minimum absolute atomic E-state index is 0.0114. The van der Waals surface area contributed by atoms with Crippen LogP contribution in [0.3, 0.4) is 0 Å². The molecule has 3 aromatic rings. The SMILES string of the molecule is Cc1ccc(Nc2ncnc(NNC(=O)c3ccc(Br)cc3)c2[N+](=O)[O-])c(C)c1. The summed E-state index contributed by atoms with van der Waals surface area (Å²) < 4.78 is 0.829. The van der Waals surface area contributed by atoms with Gasteiger partial charge in [0.25, 0.3) is 5.91 Å². The van der Waals surface area contributed by atoms with Crippen LogP contribution in [0.15, 0.2) is 53.3 Å². The second kappa shape index (κ2) is 8.65. The van der Waals surface area contributed by atoms with Crippen LogP contribution in [0.5, 0.6) is 0 Å². The average molecular weight is 457 g/mol. The van der Waals surface area contributed by atoms with Gasteiger partial charge in [-0.15, -0.1) is 0 Å². The first-order valence-electron chi connectivity index (χ1n) is 8.50. The lowest BCUT2D eigenvalue weighted by molar-refractivity contribution is -0.383. The number of amides is 1. The molecule has 0 atom stereocenters. The molecular formula is C19H17BrN6O3. The molecule has 3 N–H and O–H groups in total. The van der Waals surface area contributed by atoms with Crippen LogP contribution in [-0.4, -0.2) is 20.8 Å². The molecule has 0 aliphatic carbocycles. The molecule has 1 amide bonds. The maximum Gasteiger partial charge on any atom is 0.355 e. The van der Waals surface area contributed by atoms with Crippen molar-refractivity contribution in [3.8, 4) is 0 Å². The number of carbonyl (C=O) groups is 1. The van der Waals surface area contributed by atoms with Crippen molar-refractivity contribution in [3.63, 3.8) is 0 Å². The fourth-order valence-corrected chi connectivity index (χ4v) is 2.87. The van der Waals surface area contributed by atoms with Gasteiger partial charge in [0.2, 0.25) is 11.6 Å². The number of aromatic nitrogens is 2. The number of aryl methyl sites for hydroxylation is 2. The Hall–Kier alpha value is -3.53. The molecule has 148 valence electrons. The van der Waals surface area contributed by atoms with Crippen LogP contribution < -0.4 is 16.2 Å². The lowest BCUT2D eigenvalue weighted by Gasteiger charge is -2.12. The minimum atomic E-state index is -0.611. The first kappa shape index (κ1) is 20.2. The number of anilines is 3. The van der Waals surface area contributed by atoms with E-state index in [1.165, 1.54) is 6.33 Å². The zero-order valence-electron chi connectivity index (χ0n) is 15.6. The van der Waals surface area contributed by atoms with Gasteiger partial charge < -0.3 is 5.32 Å². The Morgan fingerprint density at radius 1 is 1.07 bits per heavy atom. The van der Waals surface area contributed by atoms with E-state index in [2.05, 4.69) is 42.1 Å². The lowest BCUT2D eigenvalue weighted by atomic mass is 10.1. The molecular weight excluding hydrogens is 440 g/mol. The molecule has 0 radical (unpaired) electrons. The van der Waals surface area contributed by atoms with E-state index in [1.54, 1.807) is 24.3 Å². The number of nitro groups is 1. The van der Waals surface area contributed by atoms with Gasteiger partial charge in [-0.25, -0.2) is 9.97 Å². The van der Waals surface area contributed by atoms with Crippen molar-refractivity contribution in [1.82, 2.24) is 15.4 Å². The number of rotatable bonds is 6. The Morgan fingerprint density at radius 2 is 1.76 bits per heavy atom. The third-order valence-corrected chi connectivity index (χ3v) is 4.57. The molecule has 0 saturated carbocycles. The number of nitrogens with zero attached hydrogens (tertiary/aromatic N) is 3. The zero-order chi connectivity index (χ0) is 21.0. The van der Waals surface area contributed by atoms with E-state index in [4.69, 9.17) is 0 Å². The predicted molar refractivity (Wildman–Crippen MR) is 113 cm³/mol. The van der Waals surface area contributed by atoms with Gasteiger partial charge in [-0.2, -0.15) is 0 Å². The number of hydrogen-bond acceptors (Lipinski definition) is 7. The third kappa shape index (κ3) is 4.85. The largest absolute Gasteiger partial charge is 0.355 e. The Morgan fingerprint density at radius 3 is 2.41 bits per heavy atom. The lowest BCUT2D eigenvalue weighted by Crippen LogP contribution is -2.30. The van der Waals surface area contributed by atoms with Gasteiger partial charge in [-0.3, -0.25) is 25.8 Å². The van der Waals surface area contributed by atoms with Crippen LogP contribution in [0.25, 0.3) is 0 Å². The number of carbonyl (C=O) groups excluding carboxylic acids is 1. The topological polar surface area (TPSA) is 122 Å². The number of hydrazine groups is 1. The summed E-state index contributed by atoms with van der Waals surface area (Å²) in [7, 11) is 0. The smallest absolute Gasteiger partial charge is 0.334 e. The van der Waals surface area contributed by atoms with E-state index in [1.807, 2.05) is 32.0 Å². The first-order chi connectivity index (χ1) is 13.8. The van der Waals surface area contributed by atoms with Crippen molar-refractivity contribution < 1.29 is 9.72 Å². The molecule has 10 heteroatoms. The van der Waals surface area contributed by atoms with Gasteiger partial charge in [-0.05, 0) is 49.7 Å². The van der Waals surface area contributed by atoms with Crippen LogP contribution in [0.4, 0.5) is 23.0 Å². The minimum Gasteiger partial charge on any atom is -0.334 e. The summed E-state index contributed by atoms with van der Waals surface area (Å²) in [4.78, 5) is 31.2. The van der Waals surface area contributed by atoms with Gasteiger partial charge in [0.15, 0.2) is 0 Å². The Bertz CT molecular complexity index is 1070. The molecule has 1 heterocycles. The van der Waals surface area contributed by atoms with Crippen LogP contribution in [0.2, 0.25) is 0 Å². The molecule has 2 aromatic carbocycles. The van der Waals surface area contributed by atoms with Crippen LogP contribution in [-0.2, 0) is 0 Å².